The van der Waals surface area contributed by atoms with Crippen molar-refractivity contribution in [1.29, 1.82) is 0 Å². The summed E-state index contributed by atoms with van der Waals surface area (Å²) in [7, 11) is 1.60. The SMILES string of the molecule is COC1=CCC(C(=O)CCCC(N)=O)C=C1. The number of allylic oxidation sites excluding steroid dienone is 3. The normalized spacial score (nSPS) is 19.1. The molecule has 88 valence electrons. The van der Waals surface area contributed by atoms with E-state index in [9.17, 15) is 9.59 Å². The molecule has 4 nitrogen and oxygen atoms in total. The number of Topliss-reactive ketones (excluding diaryl/α,β-unsaturated/α-hetero) is 1. The van der Waals surface area contributed by atoms with Crippen molar-refractivity contribution in [3.05, 3.63) is 24.0 Å². The average molecular weight is 223 g/mol. The molecule has 0 spiro atoms. The monoisotopic (exact) mass is 223 g/mol. The smallest absolute Gasteiger partial charge is 0.217 e. The Labute approximate surface area is 95.1 Å². The lowest BCUT2D eigenvalue weighted by Crippen LogP contribution is -2.15. The lowest BCUT2D eigenvalue weighted by atomic mass is 9.92. The topological polar surface area (TPSA) is 69.4 Å². The third kappa shape index (κ3) is 3.88. The van der Waals surface area contributed by atoms with Gasteiger partial charge in [0.05, 0.1) is 7.11 Å². The van der Waals surface area contributed by atoms with Gasteiger partial charge in [-0.1, -0.05) is 6.08 Å². The summed E-state index contributed by atoms with van der Waals surface area (Å²) >= 11 is 0. The first kappa shape index (κ1) is 12.5. The highest BCUT2D eigenvalue weighted by Gasteiger charge is 2.17. The summed E-state index contributed by atoms with van der Waals surface area (Å²) in [5.41, 5.74) is 5.00. The van der Waals surface area contributed by atoms with Crippen LogP contribution in [0.5, 0.6) is 0 Å². The molecule has 1 amide bonds. The minimum absolute atomic E-state index is 0.0771. The predicted octanol–water partition coefficient (Wildman–Crippen LogP) is 1.32. The summed E-state index contributed by atoms with van der Waals surface area (Å²) in [6.07, 6.45) is 7.46. The zero-order chi connectivity index (χ0) is 12.0. The van der Waals surface area contributed by atoms with Crippen LogP contribution >= 0.6 is 0 Å². The number of amides is 1. The summed E-state index contributed by atoms with van der Waals surface area (Å²) in [4.78, 5) is 22.2. The van der Waals surface area contributed by atoms with Gasteiger partial charge in [-0.2, -0.15) is 0 Å². The Kier molecular flexibility index (Phi) is 4.76. The minimum atomic E-state index is -0.353. The summed E-state index contributed by atoms with van der Waals surface area (Å²) in [6, 6.07) is 0. The molecule has 1 aliphatic rings. The number of carbonyl (C=O) groups excluding carboxylic acids is 2. The fourth-order valence-corrected chi connectivity index (χ4v) is 1.61. The molecule has 0 saturated heterocycles. The number of methoxy groups -OCH3 is 1. The maximum Gasteiger partial charge on any atom is 0.217 e. The van der Waals surface area contributed by atoms with E-state index in [1.807, 2.05) is 12.2 Å². The summed E-state index contributed by atoms with van der Waals surface area (Å²) in [6.45, 7) is 0. The fraction of sp³-hybridized carbons (Fsp3) is 0.500. The average Bonchev–Trinajstić information content (AvgIpc) is 2.28. The first-order chi connectivity index (χ1) is 7.63. The lowest BCUT2D eigenvalue weighted by molar-refractivity contribution is -0.121. The van der Waals surface area contributed by atoms with Gasteiger partial charge in [-0.25, -0.2) is 0 Å². The molecule has 4 heteroatoms. The van der Waals surface area contributed by atoms with Gasteiger partial charge in [0, 0.05) is 18.8 Å². The van der Waals surface area contributed by atoms with Gasteiger partial charge in [-0.05, 0) is 25.0 Å². The van der Waals surface area contributed by atoms with Crippen molar-refractivity contribution in [2.45, 2.75) is 25.7 Å². The quantitative estimate of drug-likeness (QED) is 0.738. The fourth-order valence-electron chi connectivity index (χ4n) is 1.61. The van der Waals surface area contributed by atoms with E-state index in [1.165, 1.54) is 0 Å². The lowest BCUT2D eigenvalue weighted by Gasteiger charge is -2.14. The third-order valence-corrected chi connectivity index (χ3v) is 2.56. The molecule has 0 aromatic heterocycles. The van der Waals surface area contributed by atoms with E-state index in [0.29, 0.717) is 19.3 Å². The van der Waals surface area contributed by atoms with Crippen molar-refractivity contribution < 1.29 is 14.3 Å². The van der Waals surface area contributed by atoms with Crippen LogP contribution in [0, 0.1) is 5.92 Å². The van der Waals surface area contributed by atoms with Crippen LogP contribution in [0.1, 0.15) is 25.7 Å². The van der Waals surface area contributed by atoms with E-state index in [1.54, 1.807) is 13.2 Å². The molecule has 2 N–H and O–H groups in total. The van der Waals surface area contributed by atoms with Crippen molar-refractivity contribution in [2.24, 2.45) is 11.7 Å². The Morgan fingerprint density at radius 1 is 1.50 bits per heavy atom. The Morgan fingerprint density at radius 2 is 2.25 bits per heavy atom. The van der Waals surface area contributed by atoms with E-state index >= 15 is 0 Å². The molecule has 1 unspecified atom stereocenters. The van der Waals surface area contributed by atoms with Crippen molar-refractivity contribution in [3.63, 3.8) is 0 Å². The van der Waals surface area contributed by atoms with Crippen LogP contribution in [0.15, 0.2) is 24.0 Å². The molecule has 1 atom stereocenters. The molecule has 0 aliphatic heterocycles. The molecule has 0 fully saturated rings. The van der Waals surface area contributed by atoms with E-state index in [2.05, 4.69) is 0 Å². The molecule has 0 heterocycles. The number of nitrogens with two attached hydrogens (primary N) is 1. The van der Waals surface area contributed by atoms with E-state index in [0.717, 1.165) is 5.76 Å². The highest BCUT2D eigenvalue weighted by atomic mass is 16.5. The first-order valence-electron chi connectivity index (χ1n) is 5.37. The number of ketones is 1. The molecule has 1 aliphatic carbocycles. The minimum Gasteiger partial charge on any atom is -0.497 e. The Hall–Kier alpha value is -1.58. The van der Waals surface area contributed by atoms with E-state index < -0.39 is 0 Å². The predicted molar refractivity (Wildman–Crippen MR) is 60.4 cm³/mol. The summed E-state index contributed by atoms with van der Waals surface area (Å²) < 4.78 is 5.03. The summed E-state index contributed by atoms with van der Waals surface area (Å²) in [5, 5.41) is 0. The second-order valence-corrected chi connectivity index (χ2v) is 3.80. The molecule has 0 aromatic rings. The van der Waals surface area contributed by atoms with Crippen molar-refractivity contribution in [2.75, 3.05) is 7.11 Å². The van der Waals surface area contributed by atoms with Gasteiger partial charge in [0.1, 0.15) is 11.5 Å². The van der Waals surface area contributed by atoms with Gasteiger partial charge in [-0.3, -0.25) is 9.59 Å². The zero-order valence-corrected chi connectivity index (χ0v) is 9.44. The van der Waals surface area contributed by atoms with Gasteiger partial charge in [0.25, 0.3) is 0 Å². The van der Waals surface area contributed by atoms with Crippen LogP contribution in [0.2, 0.25) is 0 Å². The number of hydrogen-bond donors (Lipinski definition) is 1. The van der Waals surface area contributed by atoms with Crippen LogP contribution in [0.25, 0.3) is 0 Å². The Balaban J connectivity index is 2.32. The molecule has 0 bridgehead atoms. The first-order valence-corrected chi connectivity index (χ1v) is 5.37. The van der Waals surface area contributed by atoms with E-state index in [4.69, 9.17) is 10.5 Å². The molecule has 0 radical (unpaired) electrons. The van der Waals surface area contributed by atoms with Gasteiger partial charge in [0.15, 0.2) is 0 Å². The van der Waals surface area contributed by atoms with Gasteiger partial charge < -0.3 is 10.5 Å². The largest absolute Gasteiger partial charge is 0.497 e. The van der Waals surface area contributed by atoms with Crippen LogP contribution in [0.3, 0.4) is 0 Å². The van der Waals surface area contributed by atoms with Crippen LogP contribution in [-0.2, 0) is 14.3 Å². The van der Waals surface area contributed by atoms with E-state index in [-0.39, 0.29) is 24.0 Å². The molecule has 0 aromatic carbocycles. The number of primary amides is 1. The number of ether oxygens (including phenoxy) is 1. The maximum absolute atomic E-state index is 11.7. The van der Waals surface area contributed by atoms with Crippen molar-refractivity contribution >= 4 is 11.7 Å². The number of carbonyl (C=O) groups is 2. The van der Waals surface area contributed by atoms with Crippen LogP contribution in [-0.4, -0.2) is 18.8 Å². The van der Waals surface area contributed by atoms with Crippen molar-refractivity contribution in [1.82, 2.24) is 0 Å². The summed E-state index contributed by atoms with van der Waals surface area (Å²) in [5.74, 6) is 0.519. The molecular formula is C12H17NO3. The zero-order valence-electron chi connectivity index (χ0n) is 9.44. The Bertz CT molecular complexity index is 331. The third-order valence-electron chi connectivity index (χ3n) is 2.56. The van der Waals surface area contributed by atoms with Crippen LogP contribution in [0.4, 0.5) is 0 Å². The van der Waals surface area contributed by atoms with Crippen LogP contribution < -0.4 is 5.73 Å². The van der Waals surface area contributed by atoms with Gasteiger partial charge in [-0.15, -0.1) is 0 Å². The molecule has 16 heavy (non-hydrogen) atoms. The highest BCUT2D eigenvalue weighted by molar-refractivity contribution is 5.83. The second kappa shape index (κ2) is 6.10. The molecular weight excluding hydrogens is 206 g/mol. The standard InChI is InChI=1S/C12H17NO3/c1-16-10-7-5-9(6-8-10)11(14)3-2-4-12(13)15/h5,7-9H,2-4,6H2,1H3,(H2,13,15). The van der Waals surface area contributed by atoms with Gasteiger partial charge >= 0.3 is 0 Å². The number of hydrogen-bond acceptors (Lipinski definition) is 3. The maximum atomic E-state index is 11.7. The van der Waals surface area contributed by atoms with Gasteiger partial charge in [0.2, 0.25) is 5.91 Å². The second-order valence-electron chi connectivity index (χ2n) is 3.80. The number of rotatable bonds is 6. The molecule has 0 saturated carbocycles. The molecule has 1 rings (SSSR count). The highest BCUT2D eigenvalue weighted by Crippen LogP contribution is 2.19. The Morgan fingerprint density at radius 3 is 2.75 bits per heavy atom. The van der Waals surface area contributed by atoms with Crippen molar-refractivity contribution in [3.8, 4) is 0 Å².